The Morgan fingerprint density at radius 3 is 2.05 bits per heavy atom. The van der Waals surface area contributed by atoms with Gasteiger partial charge in [0.2, 0.25) is 5.69 Å². The van der Waals surface area contributed by atoms with Crippen molar-refractivity contribution in [2.75, 3.05) is 41.8 Å². The number of carboxylic acids is 1. The Balaban J connectivity index is 1.80. The first-order valence-electron chi connectivity index (χ1n) is 18.5. The zero-order valence-corrected chi connectivity index (χ0v) is 35.4. The number of ketones is 1. The van der Waals surface area contributed by atoms with Crippen LogP contribution < -0.4 is 10.2 Å². The second-order valence-electron chi connectivity index (χ2n) is 15.2. The first-order chi connectivity index (χ1) is 26.8. The number of fused-ring (bicyclic) bond motifs is 2. The molecule has 0 fully saturated rings. The number of benzene rings is 2. The van der Waals surface area contributed by atoms with Crippen molar-refractivity contribution in [1.29, 1.82) is 0 Å². The summed E-state index contributed by atoms with van der Waals surface area (Å²) in [5, 5.41) is 12.2. The molecule has 316 valence electrons. The van der Waals surface area contributed by atoms with Crippen molar-refractivity contribution in [2.24, 2.45) is 0 Å². The predicted molar refractivity (Wildman–Crippen MR) is 219 cm³/mol. The molecule has 1 amide bonds. The van der Waals surface area contributed by atoms with Crippen LogP contribution in [0.1, 0.15) is 103 Å². The van der Waals surface area contributed by atoms with Crippen LogP contribution in [0.4, 0.5) is 11.4 Å². The van der Waals surface area contributed by atoms with E-state index in [4.69, 9.17) is 0 Å². The third-order valence-electron chi connectivity index (χ3n) is 10.1. The number of anilines is 1. The van der Waals surface area contributed by atoms with Crippen LogP contribution in [0.5, 0.6) is 0 Å². The molecule has 0 unspecified atom stereocenters. The monoisotopic (exact) mass is 864 g/mol. The van der Waals surface area contributed by atoms with Gasteiger partial charge in [0.05, 0.1) is 28.2 Å². The number of amides is 1. The number of carbonyl (C=O) groups excluding carboxylic acids is 2. The quantitative estimate of drug-likeness (QED) is 0.0555. The summed E-state index contributed by atoms with van der Waals surface area (Å²) >= 11 is 0. The minimum Gasteiger partial charge on any atom is -0.478 e. The molecule has 19 heteroatoms. The van der Waals surface area contributed by atoms with Gasteiger partial charge in [0.25, 0.3) is 36.3 Å². The average Bonchev–Trinajstić information content (AvgIpc) is 3.44. The molecule has 2 aliphatic heterocycles. The number of hydrogen-bond acceptors (Lipinski definition) is 10. The molecule has 2 aromatic rings. The SMILES string of the molecule is CCCC(=O)c1cc(C(=O)NCCS(=O)(=O)O)c2c(c1)N(CCCS(=O)(=O)O)C(=CC=CC=CC1=[N+](CCCS(=O)(=O)O)c3ccc(C(=O)O)cc3C1(C)C)C2(C)C. The van der Waals surface area contributed by atoms with Gasteiger partial charge in [-0.2, -0.15) is 29.8 Å². The van der Waals surface area contributed by atoms with Gasteiger partial charge in [-0.25, -0.2) is 4.79 Å². The van der Waals surface area contributed by atoms with E-state index in [2.05, 4.69) is 5.32 Å². The van der Waals surface area contributed by atoms with Crippen molar-refractivity contribution in [3.8, 4) is 0 Å². The summed E-state index contributed by atoms with van der Waals surface area (Å²) in [7, 11) is -13.0. The lowest BCUT2D eigenvalue weighted by Crippen LogP contribution is -2.31. The third-order valence-corrected chi connectivity index (χ3v) is 12.4. The van der Waals surface area contributed by atoms with Crippen molar-refractivity contribution in [2.45, 2.75) is 71.1 Å². The highest BCUT2D eigenvalue weighted by Gasteiger charge is 2.45. The highest BCUT2D eigenvalue weighted by Crippen LogP contribution is 2.50. The molecule has 2 aromatic carbocycles. The third kappa shape index (κ3) is 11.1. The lowest BCUT2D eigenvalue weighted by Gasteiger charge is -2.27. The van der Waals surface area contributed by atoms with Gasteiger partial charge in [0.1, 0.15) is 6.54 Å². The lowest BCUT2D eigenvalue weighted by molar-refractivity contribution is -0.437. The summed E-state index contributed by atoms with van der Waals surface area (Å²) in [5.41, 5.74) is 2.37. The number of rotatable bonds is 19. The predicted octanol–water partition coefficient (Wildman–Crippen LogP) is 4.71. The van der Waals surface area contributed by atoms with E-state index in [0.717, 1.165) is 5.71 Å². The van der Waals surface area contributed by atoms with Gasteiger partial charge < -0.3 is 15.3 Å². The van der Waals surface area contributed by atoms with Crippen molar-refractivity contribution >= 4 is 65.1 Å². The topological polar surface area (TPSA) is 253 Å². The second-order valence-corrected chi connectivity index (χ2v) is 19.9. The molecule has 0 spiro atoms. The van der Waals surface area contributed by atoms with Crippen molar-refractivity contribution in [3.63, 3.8) is 0 Å². The second kappa shape index (κ2) is 17.8. The molecule has 0 saturated carbocycles. The molecule has 0 atom stereocenters. The summed E-state index contributed by atoms with van der Waals surface area (Å²) in [4.78, 5) is 40.5. The molecule has 0 saturated heterocycles. The number of allylic oxidation sites excluding steroid dienone is 6. The molecule has 0 bridgehead atoms. The van der Waals surface area contributed by atoms with Crippen LogP contribution in [0.3, 0.4) is 0 Å². The summed E-state index contributed by atoms with van der Waals surface area (Å²) < 4.78 is 99.1. The lowest BCUT2D eigenvalue weighted by atomic mass is 9.80. The van der Waals surface area contributed by atoms with E-state index in [0.29, 0.717) is 34.6 Å². The van der Waals surface area contributed by atoms with Crippen molar-refractivity contribution in [1.82, 2.24) is 5.32 Å². The minimum atomic E-state index is -4.39. The summed E-state index contributed by atoms with van der Waals surface area (Å²) in [5.74, 6) is -3.82. The van der Waals surface area contributed by atoms with Gasteiger partial charge in [-0.15, -0.1) is 0 Å². The number of carbonyl (C=O) groups is 3. The van der Waals surface area contributed by atoms with Gasteiger partial charge in [0.15, 0.2) is 11.5 Å². The van der Waals surface area contributed by atoms with Crippen LogP contribution in [0.15, 0.2) is 66.4 Å². The number of nitrogens with zero attached hydrogens (tertiary/aromatic N) is 2. The van der Waals surface area contributed by atoms with Crippen LogP contribution in [0, 0.1) is 0 Å². The van der Waals surface area contributed by atoms with E-state index >= 15 is 0 Å². The molecule has 0 aliphatic carbocycles. The Morgan fingerprint density at radius 1 is 0.810 bits per heavy atom. The molecule has 4 rings (SSSR count). The van der Waals surface area contributed by atoms with Crippen molar-refractivity contribution in [3.05, 3.63) is 94.2 Å². The minimum absolute atomic E-state index is 0.0245. The van der Waals surface area contributed by atoms with E-state index in [-0.39, 0.29) is 54.8 Å². The number of Topliss-reactive ketones (excluding diaryl/α,β-unsaturated/α-hetero) is 1. The fourth-order valence-corrected chi connectivity index (χ4v) is 8.80. The number of aromatic carboxylic acids is 1. The molecule has 0 aromatic heterocycles. The maximum absolute atomic E-state index is 13.7. The molecule has 16 nitrogen and oxygen atoms in total. The Labute approximate surface area is 339 Å². The highest BCUT2D eigenvalue weighted by atomic mass is 32.2. The standard InChI is InChI=1S/C39H49N3O13S3/c1-6-12-32(43)27-23-28(36(44)40-17-22-58(53,54)55)35-31(25-27)42(19-11-21-57(50,51)52)34(39(35,4)5)14-9-7-8-13-33-38(2,3)29-24-26(37(45)46)15-16-30(29)41(33)18-10-20-56(47,48)49/h7-9,13-16,23-25H,6,10-12,17-22H2,1-5H3,(H4-,40,44,45,46,47,48,49,50,51,52,53,54,55)/p+1. The molecule has 0 radical (unpaired) electrons. The molecule has 5 N–H and O–H groups in total. The van der Waals surface area contributed by atoms with Crippen LogP contribution >= 0.6 is 0 Å². The van der Waals surface area contributed by atoms with E-state index in [9.17, 15) is 58.4 Å². The zero-order valence-electron chi connectivity index (χ0n) is 32.9. The molecule has 2 heterocycles. The Bertz CT molecular complexity index is 2450. The number of hydrogen-bond donors (Lipinski definition) is 5. The number of carboxylic acid groups (broad SMARTS) is 1. The highest BCUT2D eigenvalue weighted by molar-refractivity contribution is 7.86. The van der Waals surface area contributed by atoms with Crippen LogP contribution in [-0.4, -0.2) is 109 Å². The van der Waals surface area contributed by atoms with Crippen LogP contribution in [-0.2, 0) is 41.2 Å². The van der Waals surface area contributed by atoms with Gasteiger partial charge in [-0.05, 0) is 57.0 Å². The van der Waals surface area contributed by atoms with Gasteiger partial charge >= 0.3 is 5.97 Å². The van der Waals surface area contributed by atoms with E-state index in [1.165, 1.54) is 12.1 Å². The molecule has 58 heavy (non-hydrogen) atoms. The Morgan fingerprint density at radius 2 is 1.45 bits per heavy atom. The fourth-order valence-electron chi connectivity index (χ4n) is 7.45. The number of nitrogens with one attached hydrogen (secondary N) is 1. The molecular formula is C39H50N3O13S3+. The van der Waals surface area contributed by atoms with E-state index < -0.39 is 76.9 Å². The van der Waals surface area contributed by atoms with Gasteiger partial charge in [0, 0.05) is 77.1 Å². The van der Waals surface area contributed by atoms with Gasteiger partial charge in [-0.3, -0.25) is 23.2 Å². The maximum atomic E-state index is 13.7. The van der Waals surface area contributed by atoms with E-state index in [1.54, 1.807) is 47.4 Å². The zero-order chi connectivity index (χ0) is 43.4. The van der Waals surface area contributed by atoms with Gasteiger partial charge in [-0.1, -0.05) is 39.0 Å². The maximum Gasteiger partial charge on any atom is 0.335 e. The normalized spacial score (nSPS) is 17.0. The molecular weight excluding hydrogens is 815 g/mol. The Hall–Kier alpha value is -4.53. The van der Waals surface area contributed by atoms with Crippen molar-refractivity contribution < 1.29 is 63.0 Å². The fraction of sp³-hybridized carbons (Fsp3) is 0.436. The molecule has 2 aliphatic rings. The first-order valence-corrected chi connectivity index (χ1v) is 23.3. The largest absolute Gasteiger partial charge is 0.478 e. The van der Waals surface area contributed by atoms with Crippen LogP contribution in [0.2, 0.25) is 0 Å². The van der Waals surface area contributed by atoms with E-state index in [1.807, 2.05) is 45.3 Å². The summed E-state index contributed by atoms with van der Waals surface area (Å²) in [6.45, 7) is 9.15. The first kappa shape index (κ1) is 46.2. The summed E-state index contributed by atoms with van der Waals surface area (Å²) in [6.07, 6.45) is 9.49. The smallest absolute Gasteiger partial charge is 0.335 e. The Kier molecular flexibility index (Phi) is 14.1. The average molecular weight is 865 g/mol. The summed E-state index contributed by atoms with van der Waals surface area (Å²) in [6, 6.07) is 7.78. The van der Waals surface area contributed by atoms with Crippen LogP contribution in [0.25, 0.3) is 0 Å².